The zero-order valence-electron chi connectivity index (χ0n) is 21.0. The van der Waals surface area contributed by atoms with Gasteiger partial charge in [-0.15, -0.1) is 0 Å². The lowest BCUT2D eigenvalue weighted by atomic mass is 10.0. The average Bonchev–Trinajstić information content (AvgIpc) is 3.27. The highest BCUT2D eigenvalue weighted by atomic mass is 16.6. The molecule has 2 aromatic rings. The molecule has 9 heteroatoms. The molecule has 0 saturated carbocycles. The van der Waals surface area contributed by atoms with Gasteiger partial charge in [-0.1, -0.05) is 30.9 Å². The third-order valence-corrected chi connectivity index (χ3v) is 5.18. The normalized spacial score (nSPS) is 18.5. The Bertz CT molecular complexity index is 1170. The Morgan fingerprint density at radius 3 is 2.23 bits per heavy atom. The van der Waals surface area contributed by atoms with Gasteiger partial charge in [0.1, 0.15) is 23.7 Å². The minimum Gasteiger partial charge on any atom is -0.461 e. The maximum absolute atomic E-state index is 13.3. The molecule has 3 rings (SSSR count). The Balaban J connectivity index is 2.14. The Kier molecular flexibility index (Phi) is 7.10. The number of likely N-dealkylation sites (tertiary alicyclic amines) is 1. The van der Waals surface area contributed by atoms with Crippen LogP contribution < -0.4 is 0 Å². The van der Waals surface area contributed by atoms with Crippen molar-refractivity contribution in [2.24, 2.45) is 5.92 Å². The first kappa shape index (κ1) is 26.0. The number of para-hydroxylation sites is 1. The summed E-state index contributed by atoms with van der Waals surface area (Å²) in [6.45, 7) is 13.7. The monoisotopic (exact) mass is 484 g/mol. The second kappa shape index (κ2) is 9.56. The fourth-order valence-corrected chi connectivity index (χ4v) is 3.90. The molecule has 9 nitrogen and oxygen atoms in total. The Morgan fingerprint density at radius 2 is 1.63 bits per heavy atom. The molecule has 2 atom stereocenters. The second-order valence-corrected chi connectivity index (χ2v) is 10.4. The van der Waals surface area contributed by atoms with Crippen molar-refractivity contribution in [2.75, 3.05) is 6.61 Å². The molecule has 0 N–H and O–H groups in total. The fraction of sp³-hybridized carbons (Fsp3) is 0.462. The molecule has 1 aliphatic heterocycles. The number of nitrogens with zero attached hydrogens (tertiary/aromatic N) is 2. The molecule has 0 radical (unpaired) electrons. The zero-order valence-corrected chi connectivity index (χ0v) is 21.0. The molecule has 1 aromatic heterocycles. The van der Waals surface area contributed by atoms with Gasteiger partial charge < -0.3 is 14.2 Å². The van der Waals surface area contributed by atoms with Gasteiger partial charge in [0.2, 0.25) is 5.91 Å². The highest BCUT2D eigenvalue weighted by Crippen LogP contribution is 2.40. The smallest absolute Gasteiger partial charge is 0.419 e. The molecular weight excluding hydrogens is 452 g/mol. The van der Waals surface area contributed by atoms with Crippen molar-refractivity contribution in [1.29, 1.82) is 0 Å². The van der Waals surface area contributed by atoms with Gasteiger partial charge >= 0.3 is 18.2 Å². The van der Waals surface area contributed by atoms with Crippen LogP contribution in [0.5, 0.6) is 0 Å². The predicted octanol–water partition coefficient (Wildman–Crippen LogP) is 4.98. The van der Waals surface area contributed by atoms with Crippen molar-refractivity contribution >= 4 is 35.0 Å². The topological polar surface area (TPSA) is 104 Å². The highest BCUT2D eigenvalue weighted by molar-refractivity contribution is 6.06. The van der Waals surface area contributed by atoms with E-state index in [9.17, 15) is 19.2 Å². The molecule has 2 heterocycles. The van der Waals surface area contributed by atoms with Gasteiger partial charge in [-0.2, -0.15) is 0 Å². The number of rotatable bonds is 4. The first-order valence-corrected chi connectivity index (χ1v) is 11.4. The van der Waals surface area contributed by atoms with Crippen LogP contribution in [-0.4, -0.2) is 51.3 Å². The third-order valence-electron chi connectivity index (χ3n) is 5.18. The van der Waals surface area contributed by atoms with Crippen LogP contribution in [-0.2, 0) is 23.8 Å². The van der Waals surface area contributed by atoms with Crippen LogP contribution in [0.1, 0.15) is 59.7 Å². The lowest BCUT2D eigenvalue weighted by Gasteiger charge is -2.28. The van der Waals surface area contributed by atoms with Crippen molar-refractivity contribution in [3.8, 4) is 0 Å². The quantitative estimate of drug-likeness (QED) is 0.261. The molecule has 0 spiro atoms. The van der Waals surface area contributed by atoms with Crippen LogP contribution in [0.3, 0.4) is 0 Å². The van der Waals surface area contributed by atoms with E-state index in [1.807, 2.05) is 12.1 Å². The molecule has 0 bridgehead atoms. The summed E-state index contributed by atoms with van der Waals surface area (Å²) < 4.78 is 17.5. The summed E-state index contributed by atoms with van der Waals surface area (Å²) in [6.07, 6.45) is -0.260. The standard InChI is InChI=1S/C26H32N2O7/c1-8-13-33-22(30)17-15-20(28(21(17)29)24(32)35-26(5,6)7)19-14-16-11-9-10-12-18(16)27(19)23(31)34-25(2,3)4/h8-12,14,17,20H,1,13,15H2,2-7H3/t17?,20-/m1/s1. The summed E-state index contributed by atoms with van der Waals surface area (Å²) in [5, 5.41) is 0.711. The van der Waals surface area contributed by atoms with Crippen molar-refractivity contribution in [3.63, 3.8) is 0 Å². The molecule has 0 aliphatic carbocycles. The lowest BCUT2D eigenvalue weighted by Crippen LogP contribution is -2.41. The molecule has 1 aromatic carbocycles. The Morgan fingerprint density at radius 1 is 1.03 bits per heavy atom. The summed E-state index contributed by atoms with van der Waals surface area (Å²) in [7, 11) is 0. The number of fused-ring (bicyclic) bond motifs is 1. The van der Waals surface area contributed by atoms with Crippen LogP contribution in [0.25, 0.3) is 10.9 Å². The fourth-order valence-electron chi connectivity index (χ4n) is 3.90. The Labute approximate surface area is 204 Å². The number of hydrogen-bond acceptors (Lipinski definition) is 7. The SMILES string of the molecule is C=CCOC(=O)C1C[C@H](c2cc3ccccc3n2C(=O)OC(C)(C)C)N(C(=O)OC(C)(C)C)C1=O. The first-order valence-electron chi connectivity index (χ1n) is 11.4. The van der Waals surface area contributed by atoms with E-state index >= 15 is 0 Å². The number of benzene rings is 1. The van der Waals surface area contributed by atoms with E-state index in [4.69, 9.17) is 14.2 Å². The van der Waals surface area contributed by atoms with E-state index in [2.05, 4.69) is 6.58 Å². The maximum atomic E-state index is 13.3. The second-order valence-electron chi connectivity index (χ2n) is 10.4. The van der Waals surface area contributed by atoms with Gasteiger partial charge in [0.25, 0.3) is 0 Å². The maximum Gasteiger partial charge on any atom is 0.419 e. The number of carbonyl (C=O) groups is 4. The first-order chi connectivity index (χ1) is 16.2. The van der Waals surface area contributed by atoms with Gasteiger partial charge in [-0.25, -0.2) is 19.1 Å². The van der Waals surface area contributed by atoms with Gasteiger partial charge in [0.05, 0.1) is 17.3 Å². The molecule has 2 amide bonds. The number of hydrogen-bond donors (Lipinski definition) is 0. The third kappa shape index (κ3) is 5.72. The van der Waals surface area contributed by atoms with E-state index in [1.165, 1.54) is 10.6 Å². The van der Waals surface area contributed by atoms with E-state index < -0.39 is 47.2 Å². The number of amides is 2. The largest absolute Gasteiger partial charge is 0.461 e. The van der Waals surface area contributed by atoms with Crippen molar-refractivity contribution in [3.05, 3.63) is 48.7 Å². The summed E-state index contributed by atoms with van der Waals surface area (Å²) >= 11 is 0. The van der Waals surface area contributed by atoms with Crippen LogP contribution >= 0.6 is 0 Å². The van der Waals surface area contributed by atoms with Crippen LogP contribution in [0.2, 0.25) is 0 Å². The molecule has 1 saturated heterocycles. The number of aromatic nitrogens is 1. The van der Waals surface area contributed by atoms with Crippen LogP contribution in [0, 0.1) is 5.92 Å². The minimum absolute atomic E-state index is 0.0715. The molecule has 35 heavy (non-hydrogen) atoms. The summed E-state index contributed by atoms with van der Waals surface area (Å²) in [5.74, 6) is -2.76. The highest BCUT2D eigenvalue weighted by Gasteiger charge is 2.50. The number of esters is 1. The summed E-state index contributed by atoms with van der Waals surface area (Å²) in [4.78, 5) is 53.3. The number of imide groups is 1. The van der Waals surface area contributed by atoms with Gasteiger partial charge in [0, 0.05) is 5.39 Å². The van der Waals surface area contributed by atoms with Crippen LogP contribution in [0.4, 0.5) is 9.59 Å². The van der Waals surface area contributed by atoms with Gasteiger partial charge in [-0.05, 0) is 60.1 Å². The van der Waals surface area contributed by atoms with Crippen molar-refractivity contribution < 1.29 is 33.4 Å². The Hall–Kier alpha value is -3.62. The summed E-state index contributed by atoms with van der Waals surface area (Å²) in [6, 6.07) is 7.89. The van der Waals surface area contributed by atoms with Crippen molar-refractivity contribution in [2.45, 2.75) is 65.2 Å². The molecule has 1 fully saturated rings. The van der Waals surface area contributed by atoms with E-state index in [0.717, 1.165) is 4.90 Å². The van der Waals surface area contributed by atoms with Crippen LogP contribution in [0.15, 0.2) is 43.0 Å². The summed E-state index contributed by atoms with van der Waals surface area (Å²) in [5.41, 5.74) is -0.793. The lowest BCUT2D eigenvalue weighted by molar-refractivity contribution is -0.151. The van der Waals surface area contributed by atoms with E-state index in [-0.39, 0.29) is 13.0 Å². The predicted molar refractivity (Wildman–Crippen MR) is 129 cm³/mol. The minimum atomic E-state index is -1.24. The molecule has 1 unspecified atom stereocenters. The van der Waals surface area contributed by atoms with Gasteiger partial charge in [-0.3, -0.25) is 9.59 Å². The van der Waals surface area contributed by atoms with Gasteiger partial charge in [0.15, 0.2) is 0 Å². The van der Waals surface area contributed by atoms with E-state index in [0.29, 0.717) is 16.6 Å². The molecule has 188 valence electrons. The average molecular weight is 485 g/mol. The molecular formula is C26H32N2O7. The number of ether oxygens (including phenoxy) is 3. The zero-order chi connectivity index (χ0) is 26.1. The number of carbonyl (C=O) groups excluding carboxylic acids is 4. The van der Waals surface area contributed by atoms with E-state index in [1.54, 1.807) is 59.7 Å². The molecule has 1 aliphatic rings. The van der Waals surface area contributed by atoms with Crippen molar-refractivity contribution in [1.82, 2.24) is 9.47 Å².